The standard InChI is InChI=1S/C46H51ClFN7O4Si/c1-31-42(60(2,3)48)41(19-24-52-28-39(50-51-52)37(29-56)33-12-6-4-7-13-33)59-46(31)38-26-34(47)17-18-40(38)53(44(46)58)27-32-11-10-16-36(25-32)54-30-55(35-14-8-5-9-15-35)45(43(54)57)20-22-49-23-21-45/h4-18,25-26,28,31,37,41-42,49,56H,19-24,27,29-30H2,1-3H3/t31-,37?,41+,42-,46+/m1/s1. The molecule has 60 heavy (non-hydrogen) atoms. The molecule has 4 aliphatic heterocycles. The summed E-state index contributed by atoms with van der Waals surface area (Å²) in [6, 6.07) is 33.1. The number of para-hydroxylation sites is 1. The summed E-state index contributed by atoms with van der Waals surface area (Å²) in [5, 5.41) is 22.9. The summed E-state index contributed by atoms with van der Waals surface area (Å²) in [6.45, 7) is 7.75. The number of ether oxygens (including phenoxy) is 1. The number of aromatic nitrogens is 3. The molecule has 3 saturated heterocycles. The van der Waals surface area contributed by atoms with Crippen molar-refractivity contribution in [1.29, 1.82) is 0 Å². The van der Waals surface area contributed by atoms with Gasteiger partial charge in [-0.15, -0.1) is 5.10 Å². The number of aryl methyl sites for hydroxylation is 1. The summed E-state index contributed by atoms with van der Waals surface area (Å²) in [5.74, 6) is -0.992. The fourth-order valence-electron chi connectivity index (χ4n) is 10.5. The lowest BCUT2D eigenvalue weighted by Crippen LogP contribution is -2.55. The van der Waals surface area contributed by atoms with Crippen LogP contribution >= 0.6 is 11.6 Å². The van der Waals surface area contributed by atoms with E-state index < -0.39 is 37.1 Å². The smallest absolute Gasteiger partial charge is 0.264 e. The van der Waals surface area contributed by atoms with E-state index in [1.807, 2.05) is 96.9 Å². The molecule has 0 saturated carbocycles. The fourth-order valence-corrected chi connectivity index (χ4v) is 13.2. The van der Waals surface area contributed by atoms with Gasteiger partial charge in [0.25, 0.3) is 11.8 Å². The van der Waals surface area contributed by atoms with Crippen molar-refractivity contribution in [2.45, 2.75) is 81.1 Å². The average molecular weight is 848 g/mol. The van der Waals surface area contributed by atoms with Crippen LogP contribution in [0.5, 0.6) is 0 Å². The number of aliphatic hydroxyl groups is 1. The third-order valence-corrected chi connectivity index (χ3v) is 16.1. The van der Waals surface area contributed by atoms with E-state index >= 15 is 8.90 Å². The first-order valence-electron chi connectivity index (χ1n) is 20.9. The molecule has 0 radical (unpaired) electrons. The van der Waals surface area contributed by atoms with Crippen molar-refractivity contribution in [3.8, 4) is 0 Å². The number of piperidine rings is 1. The van der Waals surface area contributed by atoms with Crippen LogP contribution in [0.25, 0.3) is 0 Å². The van der Waals surface area contributed by atoms with Crippen LogP contribution in [0.2, 0.25) is 23.7 Å². The summed E-state index contributed by atoms with van der Waals surface area (Å²) in [5.41, 5.74) is 2.93. The summed E-state index contributed by atoms with van der Waals surface area (Å²) in [6.07, 6.45) is 3.05. The van der Waals surface area contributed by atoms with E-state index in [2.05, 4.69) is 32.7 Å². The maximum atomic E-state index is 16.6. The second-order valence-corrected chi connectivity index (χ2v) is 21.5. The molecule has 1 aromatic heterocycles. The summed E-state index contributed by atoms with van der Waals surface area (Å²) >= 11 is 6.67. The minimum Gasteiger partial charge on any atom is -0.395 e. The Hall–Kier alpha value is -4.92. The predicted molar refractivity (Wildman–Crippen MR) is 233 cm³/mol. The van der Waals surface area contributed by atoms with Gasteiger partial charge in [0.1, 0.15) is 5.54 Å². The van der Waals surface area contributed by atoms with Gasteiger partial charge in [-0.1, -0.05) is 84.4 Å². The fraction of sp³-hybridized carbons (Fsp3) is 0.391. The van der Waals surface area contributed by atoms with Crippen LogP contribution in [0, 0.1) is 5.92 Å². The van der Waals surface area contributed by atoms with Crippen LogP contribution in [0.15, 0.2) is 109 Å². The van der Waals surface area contributed by atoms with Gasteiger partial charge in [0, 0.05) is 46.2 Å². The SMILES string of the molecule is C[C@@H]1[C@@H]([Si](C)(C)F)[C@H](CCn2cc(C(CO)c3ccccc3)nn2)O[C@@]12C(=O)N(Cc1cccc(N3CN(c4ccccc4)C4(CCNCC4)C3=O)c1)c1ccc(Cl)cc12. The summed E-state index contributed by atoms with van der Waals surface area (Å²) in [7, 11) is -3.43. The Morgan fingerprint density at radius 2 is 1.67 bits per heavy atom. The summed E-state index contributed by atoms with van der Waals surface area (Å²) in [4.78, 5) is 35.5. The number of fused-ring (bicyclic) bond motifs is 2. The number of nitrogens with one attached hydrogen (secondary N) is 1. The predicted octanol–water partition coefficient (Wildman–Crippen LogP) is 7.40. The van der Waals surface area contributed by atoms with Crippen LogP contribution in [-0.4, -0.2) is 78.3 Å². The van der Waals surface area contributed by atoms with Gasteiger partial charge in [-0.05, 0) is 99.0 Å². The number of aliphatic hydroxyl groups excluding tert-OH is 1. The van der Waals surface area contributed by atoms with E-state index in [1.54, 1.807) is 34.8 Å². The normalized spacial score (nSPS) is 24.2. The maximum Gasteiger partial charge on any atom is 0.264 e. The molecule has 2 amide bonds. The van der Waals surface area contributed by atoms with Gasteiger partial charge in [0.15, 0.2) is 5.60 Å². The lowest BCUT2D eigenvalue weighted by molar-refractivity contribution is -0.146. The Kier molecular flexibility index (Phi) is 10.7. The molecule has 2 spiro atoms. The van der Waals surface area contributed by atoms with Crippen LogP contribution in [0.3, 0.4) is 0 Å². The van der Waals surface area contributed by atoms with Gasteiger partial charge in [-0.2, -0.15) is 0 Å². The first-order chi connectivity index (χ1) is 28.9. The van der Waals surface area contributed by atoms with Crippen molar-refractivity contribution in [2.24, 2.45) is 5.92 Å². The molecule has 0 bridgehead atoms. The zero-order valence-corrected chi connectivity index (χ0v) is 35.9. The zero-order valence-electron chi connectivity index (χ0n) is 34.2. The third-order valence-electron chi connectivity index (χ3n) is 13.4. The monoisotopic (exact) mass is 847 g/mol. The van der Waals surface area contributed by atoms with Crippen LogP contribution in [0.4, 0.5) is 21.2 Å². The minimum absolute atomic E-state index is 0.0796. The van der Waals surface area contributed by atoms with Gasteiger partial charge in [-0.3, -0.25) is 19.2 Å². The number of hydrogen-bond donors (Lipinski definition) is 2. The van der Waals surface area contributed by atoms with Crippen molar-refractivity contribution in [1.82, 2.24) is 20.3 Å². The molecular weight excluding hydrogens is 797 g/mol. The Morgan fingerprint density at radius 1 is 0.950 bits per heavy atom. The van der Waals surface area contributed by atoms with Gasteiger partial charge in [0.2, 0.25) is 8.41 Å². The second-order valence-electron chi connectivity index (χ2n) is 17.3. The molecule has 1 unspecified atom stereocenters. The molecule has 5 heterocycles. The molecule has 5 aromatic rings. The lowest BCUT2D eigenvalue weighted by atomic mass is 9.82. The Morgan fingerprint density at radius 3 is 2.38 bits per heavy atom. The van der Waals surface area contributed by atoms with Crippen molar-refractivity contribution in [2.75, 3.05) is 41.1 Å². The highest BCUT2D eigenvalue weighted by Crippen LogP contribution is 2.60. The first-order valence-corrected chi connectivity index (χ1v) is 24.3. The minimum atomic E-state index is -3.43. The highest BCUT2D eigenvalue weighted by Gasteiger charge is 2.66. The van der Waals surface area contributed by atoms with Crippen LogP contribution in [-0.2, 0) is 33.0 Å². The van der Waals surface area contributed by atoms with Crippen molar-refractivity contribution >= 4 is 48.9 Å². The van der Waals surface area contributed by atoms with E-state index in [0.717, 1.165) is 35.6 Å². The van der Waals surface area contributed by atoms with Crippen LogP contribution < -0.4 is 20.0 Å². The number of halogens is 2. The van der Waals surface area contributed by atoms with Crippen LogP contribution in [0.1, 0.15) is 54.5 Å². The van der Waals surface area contributed by atoms with E-state index in [-0.39, 0.29) is 30.9 Å². The van der Waals surface area contributed by atoms with Crippen molar-refractivity contribution in [3.05, 3.63) is 137 Å². The molecule has 4 aliphatic rings. The van der Waals surface area contributed by atoms with E-state index in [1.165, 1.54) is 0 Å². The number of carbonyl (C=O) groups is 2. The number of carbonyl (C=O) groups excluding carboxylic acids is 2. The molecule has 11 nitrogen and oxygen atoms in total. The van der Waals surface area contributed by atoms with Crippen molar-refractivity contribution < 1.29 is 23.5 Å². The highest BCUT2D eigenvalue weighted by molar-refractivity contribution is 6.72. The topological polar surface area (TPSA) is 116 Å². The highest BCUT2D eigenvalue weighted by atomic mass is 35.5. The third kappa shape index (κ3) is 6.84. The van der Waals surface area contributed by atoms with E-state index in [4.69, 9.17) is 16.3 Å². The molecule has 14 heteroatoms. The van der Waals surface area contributed by atoms with E-state index in [9.17, 15) is 9.90 Å². The molecular formula is C46H51ClFN7O4Si. The average Bonchev–Trinajstić information content (AvgIpc) is 3.97. The molecule has 9 rings (SSSR count). The quantitative estimate of drug-likeness (QED) is 0.105. The molecule has 312 valence electrons. The molecule has 5 atom stereocenters. The van der Waals surface area contributed by atoms with Gasteiger partial charge in [-0.25, -0.2) is 0 Å². The zero-order chi connectivity index (χ0) is 41.8. The number of rotatable bonds is 11. The van der Waals surface area contributed by atoms with Gasteiger partial charge in [0.05, 0.1) is 43.2 Å². The Labute approximate surface area is 356 Å². The largest absolute Gasteiger partial charge is 0.395 e. The molecule has 0 aliphatic carbocycles. The maximum absolute atomic E-state index is 16.6. The first kappa shape index (κ1) is 40.5. The second kappa shape index (κ2) is 15.8. The molecule has 2 N–H and O–H groups in total. The Balaban J connectivity index is 0.991. The van der Waals surface area contributed by atoms with Crippen molar-refractivity contribution in [3.63, 3.8) is 0 Å². The number of amides is 2. The number of nitrogens with zero attached hydrogens (tertiary/aromatic N) is 6. The Bertz CT molecular complexity index is 2380. The van der Waals surface area contributed by atoms with E-state index in [0.29, 0.717) is 54.4 Å². The molecule has 3 fully saturated rings. The van der Waals surface area contributed by atoms with Gasteiger partial charge >= 0.3 is 0 Å². The molecule has 4 aromatic carbocycles. The number of anilines is 3. The number of hydrogen-bond acceptors (Lipinski definition) is 8. The number of benzene rings is 4. The van der Waals surface area contributed by atoms with Gasteiger partial charge < -0.3 is 29.1 Å². The summed E-state index contributed by atoms with van der Waals surface area (Å²) < 4.78 is 25.3. The lowest BCUT2D eigenvalue weighted by Gasteiger charge is -2.39.